The molecule has 2 radical (unpaired) electrons. The van der Waals surface area contributed by atoms with Crippen molar-refractivity contribution < 1.29 is 4.74 Å². The summed E-state index contributed by atoms with van der Waals surface area (Å²) in [7, 11) is 5.87. The Hall–Kier alpha value is -0.735. The average molecular weight is 232 g/mol. The van der Waals surface area contributed by atoms with E-state index in [4.69, 9.17) is 12.6 Å². The zero-order valence-corrected chi connectivity index (χ0v) is 10.2. The van der Waals surface area contributed by atoms with Gasteiger partial charge >= 0.3 is 0 Å². The predicted molar refractivity (Wildman–Crippen MR) is 66.7 cm³/mol. The molecule has 0 saturated heterocycles. The van der Waals surface area contributed by atoms with Gasteiger partial charge in [-0.05, 0) is 30.1 Å². The van der Waals surface area contributed by atoms with E-state index < -0.39 is 0 Å². The maximum Gasteiger partial charge on any atom is 0.140 e. The van der Waals surface area contributed by atoms with Crippen LogP contribution in [0.1, 0.15) is 19.4 Å². The summed E-state index contributed by atoms with van der Waals surface area (Å²) >= 11 is 3.36. The van der Waals surface area contributed by atoms with Crippen LogP contribution in [-0.4, -0.2) is 7.85 Å². The molecule has 0 aromatic carbocycles. The van der Waals surface area contributed by atoms with Crippen molar-refractivity contribution in [1.29, 1.82) is 0 Å². The highest BCUT2D eigenvalue weighted by Crippen LogP contribution is 2.49. The van der Waals surface area contributed by atoms with E-state index >= 15 is 0 Å². The number of fused-ring (bicyclic) bond motifs is 3. The highest BCUT2D eigenvalue weighted by Gasteiger charge is 2.34. The lowest BCUT2D eigenvalue weighted by atomic mass is 9.93. The standard InChI is InChI=1S/C11H9BOS2/c1-11(2)6-5-8(12)15-9(6)10-7(13-11)3-4-14-10/h3-5H,1-2H3. The molecule has 0 amide bonds. The maximum atomic E-state index is 5.96. The van der Waals surface area contributed by atoms with Gasteiger partial charge in [0.05, 0.1) is 9.75 Å². The normalized spacial score (nSPS) is 16.7. The Kier molecular flexibility index (Phi) is 1.83. The van der Waals surface area contributed by atoms with E-state index in [1.165, 1.54) is 15.3 Å². The van der Waals surface area contributed by atoms with Crippen LogP contribution in [0, 0.1) is 0 Å². The Balaban J connectivity index is 2.33. The summed E-state index contributed by atoms with van der Waals surface area (Å²) in [5.41, 5.74) is 0.942. The summed E-state index contributed by atoms with van der Waals surface area (Å²) in [5.74, 6) is 0.986. The lowest BCUT2D eigenvalue weighted by Crippen LogP contribution is -2.27. The first kappa shape index (κ1) is 9.49. The summed E-state index contributed by atoms with van der Waals surface area (Å²) in [4.78, 5) is 2.49. The molecule has 1 nitrogen and oxygen atoms in total. The molecule has 74 valence electrons. The lowest BCUT2D eigenvalue weighted by Gasteiger charge is -2.31. The van der Waals surface area contributed by atoms with E-state index in [1.807, 2.05) is 12.1 Å². The molecule has 3 rings (SSSR count). The van der Waals surface area contributed by atoms with Gasteiger partial charge in [-0.1, -0.05) is 6.07 Å². The minimum absolute atomic E-state index is 0.266. The van der Waals surface area contributed by atoms with E-state index in [1.54, 1.807) is 22.7 Å². The van der Waals surface area contributed by atoms with Crippen molar-refractivity contribution in [2.75, 3.05) is 0 Å². The van der Waals surface area contributed by atoms with Crippen LogP contribution < -0.4 is 9.51 Å². The van der Waals surface area contributed by atoms with Crippen LogP contribution in [0.2, 0.25) is 0 Å². The van der Waals surface area contributed by atoms with Crippen LogP contribution >= 0.6 is 22.7 Å². The topological polar surface area (TPSA) is 9.23 Å². The summed E-state index contributed by atoms with van der Waals surface area (Å²) < 4.78 is 6.82. The number of hydrogen-bond donors (Lipinski definition) is 0. The minimum atomic E-state index is -0.266. The van der Waals surface area contributed by atoms with Crippen molar-refractivity contribution >= 4 is 35.3 Å². The van der Waals surface area contributed by atoms with Gasteiger partial charge in [-0.25, -0.2) is 0 Å². The third-order valence-electron chi connectivity index (χ3n) is 2.60. The van der Waals surface area contributed by atoms with Crippen molar-refractivity contribution in [2.24, 2.45) is 0 Å². The molecule has 3 heterocycles. The fraction of sp³-hybridized carbons (Fsp3) is 0.273. The molecule has 1 aliphatic heterocycles. The van der Waals surface area contributed by atoms with E-state index in [2.05, 4.69) is 19.2 Å². The van der Waals surface area contributed by atoms with Gasteiger partial charge in [0.15, 0.2) is 0 Å². The smallest absolute Gasteiger partial charge is 0.140 e. The SMILES string of the molecule is [B]c1cc2c(s1)-c1sccc1OC2(C)C. The molecule has 1 aliphatic rings. The van der Waals surface area contributed by atoms with E-state index in [9.17, 15) is 0 Å². The second-order valence-electron chi connectivity index (χ2n) is 4.12. The number of thiophene rings is 2. The summed E-state index contributed by atoms with van der Waals surface area (Å²) in [6, 6.07) is 4.06. The maximum absolute atomic E-state index is 5.96. The Bertz CT molecular complexity index is 524. The molecule has 0 spiro atoms. The van der Waals surface area contributed by atoms with Crippen LogP contribution in [0.5, 0.6) is 5.75 Å². The quantitative estimate of drug-likeness (QED) is 0.634. The Morgan fingerprint density at radius 2 is 2.13 bits per heavy atom. The van der Waals surface area contributed by atoms with Gasteiger partial charge in [-0.3, -0.25) is 0 Å². The molecule has 2 aromatic rings. The van der Waals surface area contributed by atoms with Crippen LogP contribution in [0.4, 0.5) is 0 Å². The zero-order chi connectivity index (χ0) is 10.6. The van der Waals surface area contributed by atoms with Crippen LogP contribution in [0.25, 0.3) is 9.75 Å². The molecule has 2 aromatic heterocycles. The van der Waals surface area contributed by atoms with Crippen LogP contribution in [0.15, 0.2) is 17.5 Å². The number of ether oxygens (including phenoxy) is 1. The third-order valence-corrected chi connectivity index (χ3v) is 4.62. The van der Waals surface area contributed by atoms with Crippen molar-refractivity contribution in [3.05, 3.63) is 23.1 Å². The highest BCUT2D eigenvalue weighted by atomic mass is 32.1. The molecular formula is C11H9BOS2. The monoisotopic (exact) mass is 232 g/mol. The van der Waals surface area contributed by atoms with Crippen molar-refractivity contribution in [3.8, 4) is 15.5 Å². The summed E-state index contributed by atoms with van der Waals surface area (Å²) in [6.45, 7) is 4.16. The molecule has 4 heteroatoms. The first-order valence-corrected chi connectivity index (χ1v) is 6.44. The second kappa shape index (κ2) is 2.89. The molecule has 0 aliphatic carbocycles. The van der Waals surface area contributed by atoms with Gasteiger partial charge in [-0.2, -0.15) is 11.3 Å². The second-order valence-corrected chi connectivity index (χ2v) is 6.12. The fourth-order valence-corrected chi connectivity index (χ4v) is 3.96. The third kappa shape index (κ3) is 1.28. The highest BCUT2D eigenvalue weighted by molar-refractivity contribution is 7.26. The fourth-order valence-electron chi connectivity index (χ4n) is 1.90. The number of hydrogen-bond acceptors (Lipinski definition) is 3. The van der Waals surface area contributed by atoms with Crippen molar-refractivity contribution in [3.63, 3.8) is 0 Å². The van der Waals surface area contributed by atoms with Gasteiger partial charge in [-0.15, -0.1) is 11.3 Å². The van der Waals surface area contributed by atoms with Gasteiger partial charge in [0.2, 0.25) is 0 Å². The first-order chi connectivity index (χ1) is 7.08. The van der Waals surface area contributed by atoms with Crippen LogP contribution in [0.3, 0.4) is 0 Å². The molecule has 0 N–H and O–H groups in total. The van der Waals surface area contributed by atoms with Gasteiger partial charge in [0.25, 0.3) is 0 Å². The summed E-state index contributed by atoms with van der Waals surface area (Å²) in [6.07, 6.45) is 0. The Morgan fingerprint density at radius 1 is 1.33 bits per heavy atom. The molecule has 15 heavy (non-hydrogen) atoms. The Labute approximate surface area is 98.1 Å². The zero-order valence-electron chi connectivity index (χ0n) is 8.53. The van der Waals surface area contributed by atoms with Gasteiger partial charge in [0.1, 0.15) is 19.2 Å². The van der Waals surface area contributed by atoms with Crippen molar-refractivity contribution in [1.82, 2.24) is 0 Å². The van der Waals surface area contributed by atoms with E-state index in [0.29, 0.717) is 0 Å². The molecule has 0 bridgehead atoms. The van der Waals surface area contributed by atoms with Gasteiger partial charge < -0.3 is 4.74 Å². The lowest BCUT2D eigenvalue weighted by molar-refractivity contribution is 0.107. The molecular weight excluding hydrogens is 223 g/mol. The molecule has 0 saturated carbocycles. The van der Waals surface area contributed by atoms with Crippen molar-refractivity contribution in [2.45, 2.75) is 19.4 Å². The Morgan fingerprint density at radius 3 is 2.93 bits per heavy atom. The first-order valence-electron chi connectivity index (χ1n) is 4.74. The summed E-state index contributed by atoms with van der Waals surface area (Å²) in [5, 5.41) is 2.06. The minimum Gasteiger partial charge on any atom is -0.482 e. The largest absolute Gasteiger partial charge is 0.482 e. The predicted octanol–water partition coefficient (Wildman–Crippen LogP) is 2.90. The van der Waals surface area contributed by atoms with E-state index in [-0.39, 0.29) is 5.60 Å². The van der Waals surface area contributed by atoms with Gasteiger partial charge in [0, 0.05) is 5.56 Å². The number of rotatable bonds is 0. The van der Waals surface area contributed by atoms with Crippen LogP contribution in [-0.2, 0) is 5.60 Å². The van der Waals surface area contributed by atoms with E-state index in [0.717, 1.165) is 10.5 Å². The average Bonchev–Trinajstić information content (AvgIpc) is 2.69. The molecule has 0 fully saturated rings. The molecule has 0 unspecified atom stereocenters. The molecule has 0 atom stereocenters.